The van der Waals surface area contributed by atoms with Crippen molar-refractivity contribution in [2.24, 2.45) is 23.3 Å². The van der Waals surface area contributed by atoms with Crippen LogP contribution in [0.1, 0.15) is 42.1 Å². The molecule has 1 aliphatic carbocycles. The highest BCUT2D eigenvalue weighted by Crippen LogP contribution is 2.64. The van der Waals surface area contributed by atoms with Gasteiger partial charge in [0.2, 0.25) is 0 Å². The van der Waals surface area contributed by atoms with Crippen molar-refractivity contribution in [1.29, 1.82) is 0 Å². The molecule has 2 fully saturated rings. The summed E-state index contributed by atoms with van der Waals surface area (Å²) < 4.78 is 40.3. The van der Waals surface area contributed by atoms with Crippen LogP contribution in [0.5, 0.6) is 0 Å². The van der Waals surface area contributed by atoms with Crippen LogP contribution in [0.15, 0.2) is 34.8 Å². The topological polar surface area (TPSA) is 86.0 Å². The van der Waals surface area contributed by atoms with Crippen molar-refractivity contribution in [3.63, 3.8) is 0 Å². The van der Waals surface area contributed by atoms with Crippen molar-refractivity contribution >= 4 is 29.4 Å². The second-order valence-corrected chi connectivity index (χ2v) is 10.1. The molecule has 2 atom stereocenters. The van der Waals surface area contributed by atoms with Crippen molar-refractivity contribution in [2.45, 2.75) is 36.5 Å². The number of hydrogen-bond acceptors (Lipinski definition) is 7. The fraction of sp³-hybridized carbons (Fsp3) is 0.524. The average molecular weight is 485 g/mol. The number of benzene rings is 1. The van der Waals surface area contributed by atoms with E-state index in [4.69, 9.17) is 10.9 Å². The molecule has 174 valence electrons. The Hall–Kier alpha value is -1.69. The van der Waals surface area contributed by atoms with E-state index in [1.165, 1.54) is 12.1 Å². The van der Waals surface area contributed by atoms with Gasteiger partial charge in [-0.05, 0) is 61.4 Å². The first kappa shape index (κ1) is 23.5. The zero-order valence-corrected chi connectivity index (χ0v) is 19.4. The Balaban J connectivity index is 1.23. The largest absolute Gasteiger partial charge is 0.416 e. The van der Waals surface area contributed by atoms with E-state index in [-0.39, 0.29) is 5.41 Å². The number of nitrogens with zero attached hydrogens (tertiary/aromatic N) is 4. The van der Waals surface area contributed by atoms with E-state index >= 15 is 0 Å². The zero-order valence-electron chi connectivity index (χ0n) is 17.8. The number of likely N-dealkylation sites (tertiary alicyclic amines) is 1. The molecule has 0 amide bonds. The Morgan fingerprint density at radius 2 is 2.03 bits per heavy atom. The van der Waals surface area contributed by atoms with Crippen LogP contribution in [0.4, 0.5) is 13.2 Å². The molecular weight excluding hydrogens is 457 g/mol. The maximum atomic E-state index is 12.8. The minimum atomic E-state index is -4.28. The van der Waals surface area contributed by atoms with E-state index in [0.29, 0.717) is 17.4 Å². The van der Waals surface area contributed by atoms with Crippen LogP contribution in [0.3, 0.4) is 0 Å². The number of hydrogen-bond donors (Lipinski definition) is 2. The lowest BCUT2D eigenvalue weighted by Crippen LogP contribution is -2.23. The molecule has 2 aliphatic rings. The second kappa shape index (κ2) is 9.28. The molecule has 1 spiro atoms. The second-order valence-electron chi connectivity index (χ2n) is 8.54. The van der Waals surface area contributed by atoms with Crippen molar-refractivity contribution in [2.75, 3.05) is 25.4 Å². The van der Waals surface area contributed by atoms with Gasteiger partial charge in [0.05, 0.1) is 11.3 Å². The Morgan fingerprint density at radius 1 is 1.28 bits per heavy atom. The van der Waals surface area contributed by atoms with Crippen LogP contribution in [-0.4, -0.2) is 45.1 Å². The smallest absolute Gasteiger partial charge is 0.395 e. The third-order valence-electron chi connectivity index (χ3n) is 6.43. The maximum Gasteiger partial charge on any atom is 0.416 e. The number of alkyl halides is 3. The Labute approximate surface area is 194 Å². The van der Waals surface area contributed by atoms with Crippen LogP contribution >= 0.6 is 23.7 Å². The number of thioether (sulfide) groups is 1. The van der Waals surface area contributed by atoms with Gasteiger partial charge in [-0.2, -0.15) is 13.2 Å². The number of aromatic nitrogens is 3. The summed E-state index contributed by atoms with van der Waals surface area (Å²) in [5.74, 6) is 1.91. The first-order chi connectivity index (χ1) is 15.2. The summed E-state index contributed by atoms with van der Waals surface area (Å²) in [7, 11) is 1.89. The third kappa shape index (κ3) is 4.95. The molecule has 4 rings (SSSR count). The van der Waals surface area contributed by atoms with Gasteiger partial charge in [0.15, 0.2) is 11.0 Å². The highest BCUT2D eigenvalue weighted by molar-refractivity contribution is 8.00. The van der Waals surface area contributed by atoms with Crippen molar-refractivity contribution in [3.05, 3.63) is 46.6 Å². The first-order valence-corrected chi connectivity index (χ1v) is 12.4. The van der Waals surface area contributed by atoms with Gasteiger partial charge >= 0.3 is 6.18 Å². The zero-order chi connectivity index (χ0) is 22.9. The first-order valence-electron chi connectivity index (χ1n) is 10.5. The molecule has 1 aromatic heterocycles. The lowest BCUT2D eigenvalue weighted by molar-refractivity contribution is -0.137. The van der Waals surface area contributed by atoms with Crippen LogP contribution < -0.4 is 10.9 Å². The fourth-order valence-electron chi connectivity index (χ4n) is 4.62. The molecule has 2 aromatic rings. The monoisotopic (exact) mass is 484 g/mol. The third-order valence-corrected chi connectivity index (χ3v) is 7.93. The molecule has 1 aliphatic heterocycles. The van der Waals surface area contributed by atoms with Crippen LogP contribution in [0.25, 0.3) is 5.70 Å². The lowest BCUT2D eigenvalue weighted by atomic mass is 9.97. The predicted octanol–water partition coefficient (Wildman–Crippen LogP) is 4.06. The molecule has 0 unspecified atom stereocenters. The van der Waals surface area contributed by atoms with Gasteiger partial charge in [0, 0.05) is 24.8 Å². The van der Waals surface area contributed by atoms with Crippen LogP contribution in [0, 0.1) is 5.41 Å². The van der Waals surface area contributed by atoms with Gasteiger partial charge < -0.3 is 15.2 Å². The van der Waals surface area contributed by atoms with Crippen LogP contribution in [-0.2, 0) is 13.2 Å². The summed E-state index contributed by atoms with van der Waals surface area (Å²) in [6, 6.07) is 5.73. The van der Waals surface area contributed by atoms with E-state index in [1.807, 2.05) is 11.6 Å². The van der Waals surface area contributed by atoms with E-state index < -0.39 is 11.7 Å². The molecule has 11 heteroatoms. The quantitative estimate of drug-likeness (QED) is 0.332. The Bertz CT molecular complexity index is 975. The Morgan fingerprint density at radius 3 is 2.72 bits per heavy atom. The van der Waals surface area contributed by atoms with Crippen molar-refractivity contribution in [3.8, 4) is 0 Å². The number of halogens is 3. The molecule has 0 bridgehead atoms. The van der Waals surface area contributed by atoms with E-state index in [9.17, 15) is 13.2 Å². The van der Waals surface area contributed by atoms with Gasteiger partial charge in [-0.25, -0.2) is 0 Å². The molecule has 0 radical (unpaired) electrons. The minimum absolute atomic E-state index is 0.246. The summed E-state index contributed by atoms with van der Waals surface area (Å²) in [4.78, 5) is 2.48. The summed E-state index contributed by atoms with van der Waals surface area (Å²) in [6.07, 6.45) is -1.07. The minimum Gasteiger partial charge on any atom is -0.395 e. The average Bonchev–Trinajstić information content (AvgIpc) is 3.09. The molecule has 1 saturated carbocycles. The fourth-order valence-corrected chi connectivity index (χ4v) is 5.71. The molecule has 1 saturated heterocycles. The summed E-state index contributed by atoms with van der Waals surface area (Å²) in [6.45, 7) is 3.08. The van der Waals surface area contributed by atoms with E-state index in [2.05, 4.69) is 15.1 Å². The maximum absolute atomic E-state index is 12.8. The molecule has 4 N–H and O–H groups in total. The van der Waals surface area contributed by atoms with Gasteiger partial charge in [-0.15, -0.1) is 10.2 Å². The lowest BCUT2D eigenvalue weighted by Gasteiger charge is -2.16. The standard InChI is InChI=1S/C21H27F3N6S2/c1-29-18(17(25)12-32-26)27-28-19(29)31-10-2-8-30-9-7-20(13-30)11-16(20)14-3-5-15(6-4-14)21(22,23)24/h3-6,12,16H,2,7-11,13,25-26H2,1H3/b17-12-/t16-,20+/m1/s1. The summed E-state index contributed by atoms with van der Waals surface area (Å²) in [5, 5.41) is 16.2. The highest BCUT2D eigenvalue weighted by atomic mass is 32.2. The van der Waals surface area contributed by atoms with Gasteiger partial charge in [-0.3, -0.25) is 5.14 Å². The SMILES string of the molecule is Cn1c(SCCCN2CC[C@]3(C[C@@H]3c3ccc(C(F)(F)F)cc3)C2)nnc1/C(N)=C/SN. The number of nitrogens with two attached hydrogens (primary N) is 2. The van der Waals surface area contributed by atoms with Crippen molar-refractivity contribution < 1.29 is 13.2 Å². The van der Waals surface area contributed by atoms with E-state index in [1.54, 1.807) is 29.3 Å². The molecular formula is C21H27F3N6S2. The molecule has 32 heavy (non-hydrogen) atoms. The Kier molecular flexibility index (Phi) is 6.81. The highest BCUT2D eigenvalue weighted by Gasteiger charge is 2.57. The molecule has 6 nitrogen and oxygen atoms in total. The summed E-state index contributed by atoms with van der Waals surface area (Å²) >= 11 is 2.69. The van der Waals surface area contributed by atoms with Gasteiger partial charge in [0.1, 0.15) is 0 Å². The number of rotatable bonds is 8. The molecule has 2 heterocycles. The van der Waals surface area contributed by atoms with E-state index in [0.717, 1.165) is 67.3 Å². The predicted molar refractivity (Wildman–Crippen MR) is 123 cm³/mol. The molecule has 1 aromatic carbocycles. The van der Waals surface area contributed by atoms with Crippen molar-refractivity contribution in [1.82, 2.24) is 19.7 Å². The van der Waals surface area contributed by atoms with Gasteiger partial charge in [0.25, 0.3) is 0 Å². The van der Waals surface area contributed by atoms with Crippen LogP contribution in [0.2, 0.25) is 0 Å². The normalized spacial score (nSPS) is 23.9. The summed E-state index contributed by atoms with van der Waals surface area (Å²) in [5.41, 5.74) is 7.14. The van der Waals surface area contributed by atoms with Gasteiger partial charge in [-0.1, -0.05) is 35.8 Å².